The third kappa shape index (κ3) is 7.78. The number of piperazine rings is 1. The van der Waals surface area contributed by atoms with E-state index < -0.39 is 11.7 Å². The van der Waals surface area contributed by atoms with Crippen LogP contribution in [0.15, 0.2) is 79.1 Å². The minimum atomic E-state index is -4.45. The number of aromatic nitrogens is 2. The molecule has 10 nitrogen and oxygen atoms in total. The van der Waals surface area contributed by atoms with Crippen molar-refractivity contribution in [3.05, 3.63) is 95.8 Å². The number of anilines is 1. The van der Waals surface area contributed by atoms with Crippen molar-refractivity contribution >= 4 is 11.6 Å². The lowest BCUT2D eigenvalue weighted by Gasteiger charge is -2.35. The summed E-state index contributed by atoms with van der Waals surface area (Å²) < 4.78 is 60.2. The van der Waals surface area contributed by atoms with E-state index in [0.29, 0.717) is 30.3 Å². The number of carbonyl (C=O) groups excluding carboxylic acids is 1. The summed E-state index contributed by atoms with van der Waals surface area (Å²) in [5.74, 6) is 2.66. The zero-order chi connectivity index (χ0) is 32.1. The Morgan fingerprint density at radius 1 is 0.870 bits per heavy atom. The minimum Gasteiger partial charge on any atom is -0.473 e. The third-order valence-corrected chi connectivity index (χ3v) is 7.69. The van der Waals surface area contributed by atoms with Gasteiger partial charge in [-0.25, -0.2) is 9.97 Å². The summed E-state index contributed by atoms with van der Waals surface area (Å²) in [7, 11) is 1.88. The van der Waals surface area contributed by atoms with Gasteiger partial charge in [0.25, 0.3) is 0 Å². The fraction of sp³-hybridized carbons (Fsp3) is 0.303. The molecule has 6 rings (SSSR count). The average Bonchev–Trinajstić information content (AvgIpc) is 3.53. The highest BCUT2D eigenvalue weighted by atomic mass is 19.4. The average molecular weight is 636 g/mol. The van der Waals surface area contributed by atoms with Gasteiger partial charge in [-0.2, -0.15) is 13.2 Å². The predicted molar refractivity (Wildman–Crippen MR) is 162 cm³/mol. The van der Waals surface area contributed by atoms with Crippen LogP contribution in [0.5, 0.6) is 29.0 Å². The van der Waals surface area contributed by atoms with Gasteiger partial charge in [-0.3, -0.25) is 9.69 Å². The van der Waals surface area contributed by atoms with Crippen molar-refractivity contribution in [2.24, 2.45) is 0 Å². The molecular formula is C33H32F3N5O5. The molecule has 0 radical (unpaired) electrons. The van der Waals surface area contributed by atoms with E-state index in [2.05, 4.69) is 20.9 Å². The lowest BCUT2D eigenvalue weighted by Crippen LogP contribution is -2.50. The number of carbonyl (C=O) groups is 1. The summed E-state index contributed by atoms with van der Waals surface area (Å²) in [6.07, 6.45) is -2.16. The standard InChI is InChI=1S/C33H32F3N5O5/c1-39(20-32(42)41-14-12-40(13-15-41)19-23-2-9-28-29(16-23)45-22-44-28)26-5-7-27(8-6-26)46-31-10-3-24(17-37-31)21-43-30-11-4-25(18-38-30)33(34,35)36/h2-11,16-18H,12-15,19-22H2,1H3. The molecule has 1 saturated heterocycles. The lowest BCUT2D eigenvalue weighted by atomic mass is 10.1. The number of amides is 1. The van der Waals surface area contributed by atoms with E-state index in [1.165, 1.54) is 6.07 Å². The van der Waals surface area contributed by atoms with Crippen molar-refractivity contribution in [3.63, 3.8) is 0 Å². The number of hydrogen-bond acceptors (Lipinski definition) is 9. The van der Waals surface area contributed by atoms with Crippen LogP contribution in [-0.2, 0) is 24.1 Å². The number of alkyl halides is 3. The van der Waals surface area contributed by atoms with Crippen molar-refractivity contribution in [1.29, 1.82) is 0 Å². The maximum absolute atomic E-state index is 13.0. The van der Waals surface area contributed by atoms with Gasteiger partial charge < -0.3 is 28.7 Å². The number of likely N-dealkylation sites (N-methyl/N-ethyl adjacent to an activating group) is 1. The fourth-order valence-electron chi connectivity index (χ4n) is 5.08. The number of ether oxygens (including phenoxy) is 4. The molecule has 2 aliphatic heterocycles. The molecular weight excluding hydrogens is 603 g/mol. The van der Waals surface area contributed by atoms with Gasteiger partial charge >= 0.3 is 6.18 Å². The summed E-state index contributed by atoms with van der Waals surface area (Å²) >= 11 is 0. The maximum Gasteiger partial charge on any atom is 0.417 e. The van der Waals surface area contributed by atoms with E-state index in [-0.39, 0.29) is 31.7 Å². The molecule has 1 fully saturated rings. The topological polar surface area (TPSA) is 89.5 Å². The molecule has 240 valence electrons. The molecule has 0 spiro atoms. The number of rotatable bonds is 10. The number of nitrogens with zero attached hydrogens (tertiary/aromatic N) is 5. The smallest absolute Gasteiger partial charge is 0.417 e. The van der Waals surface area contributed by atoms with E-state index in [1.54, 1.807) is 30.5 Å². The summed E-state index contributed by atoms with van der Waals surface area (Å²) in [6, 6.07) is 18.9. The van der Waals surface area contributed by atoms with Crippen molar-refractivity contribution in [1.82, 2.24) is 19.8 Å². The van der Waals surface area contributed by atoms with E-state index in [4.69, 9.17) is 18.9 Å². The number of benzene rings is 2. The van der Waals surface area contributed by atoms with Crippen LogP contribution < -0.4 is 23.8 Å². The second-order valence-electron chi connectivity index (χ2n) is 11.0. The molecule has 0 aliphatic carbocycles. The van der Waals surface area contributed by atoms with Crippen LogP contribution in [0.25, 0.3) is 0 Å². The molecule has 0 atom stereocenters. The third-order valence-electron chi connectivity index (χ3n) is 7.69. The second-order valence-corrected chi connectivity index (χ2v) is 11.0. The molecule has 0 bridgehead atoms. The molecule has 0 N–H and O–H groups in total. The quantitative estimate of drug-likeness (QED) is 0.228. The van der Waals surface area contributed by atoms with Crippen LogP contribution in [0, 0.1) is 0 Å². The highest BCUT2D eigenvalue weighted by Gasteiger charge is 2.30. The molecule has 4 heterocycles. The van der Waals surface area contributed by atoms with E-state index in [0.717, 1.165) is 54.6 Å². The number of fused-ring (bicyclic) bond motifs is 1. The largest absolute Gasteiger partial charge is 0.473 e. The molecule has 2 aromatic heterocycles. The predicted octanol–water partition coefficient (Wildman–Crippen LogP) is 5.38. The SMILES string of the molecule is CN(CC(=O)N1CCN(Cc2ccc3c(c2)OCO3)CC1)c1ccc(Oc2ccc(COc3ccc(C(F)(F)F)cn3)cn2)cc1. The summed E-state index contributed by atoms with van der Waals surface area (Å²) in [6.45, 7) is 4.35. The minimum absolute atomic E-state index is 0.0768. The summed E-state index contributed by atoms with van der Waals surface area (Å²) in [4.78, 5) is 27.2. The van der Waals surface area contributed by atoms with Crippen molar-refractivity contribution in [2.75, 3.05) is 51.5 Å². The van der Waals surface area contributed by atoms with Crippen LogP contribution in [0.3, 0.4) is 0 Å². The normalized spacial score (nSPS) is 14.7. The van der Waals surface area contributed by atoms with Crippen molar-refractivity contribution in [2.45, 2.75) is 19.3 Å². The Hall–Kier alpha value is -5.04. The first kappa shape index (κ1) is 31.0. The van der Waals surface area contributed by atoms with Crippen molar-refractivity contribution in [3.8, 4) is 29.0 Å². The van der Waals surface area contributed by atoms with Gasteiger partial charge in [0.2, 0.25) is 24.5 Å². The first-order chi connectivity index (χ1) is 22.2. The van der Waals surface area contributed by atoms with Gasteiger partial charge in [0, 0.05) is 75.5 Å². The van der Waals surface area contributed by atoms with Crippen LogP contribution in [0.1, 0.15) is 16.7 Å². The molecule has 2 aromatic carbocycles. The van der Waals surface area contributed by atoms with Crippen molar-refractivity contribution < 1.29 is 36.9 Å². The number of halogens is 3. The number of pyridine rings is 2. The van der Waals surface area contributed by atoms with Gasteiger partial charge in [0.05, 0.1) is 12.1 Å². The Bertz CT molecular complexity index is 1630. The van der Waals surface area contributed by atoms with E-state index in [1.807, 2.05) is 41.1 Å². The van der Waals surface area contributed by atoms with Gasteiger partial charge in [-0.1, -0.05) is 6.07 Å². The molecule has 46 heavy (non-hydrogen) atoms. The summed E-state index contributed by atoms with van der Waals surface area (Å²) in [5.41, 5.74) is 1.89. The van der Waals surface area contributed by atoms with Gasteiger partial charge in [0.15, 0.2) is 11.5 Å². The lowest BCUT2D eigenvalue weighted by molar-refractivity contribution is -0.138. The molecule has 1 amide bonds. The van der Waals surface area contributed by atoms with Crippen LogP contribution in [0.4, 0.5) is 18.9 Å². The van der Waals surface area contributed by atoms with Gasteiger partial charge in [-0.05, 0) is 54.1 Å². The van der Waals surface area contributed by atoms with Gasteiger partial charge in [0.1, 0.15) is 12.4 Å². The zero-order valence-corrected chi connectivity index (χ0v) is 25.1. The fourth-order valence-corrected chi connectivity index (χ4v) is 5.08. The highest BCUT2D eigenvalue weighted by Crippen LogP contribution is 2.33. The second kappa shape index (κ2) is 13.5. The van der Waals surface area contributed by atoms with E-state index in [9.17, 15) is 18.0 Å². The maximum atomic E-state index is 13.0. The Kier molecular flexibility index (Phi) is 9.11. The molecule has 0 unspecified atom stereocenters. The molecule has 4 aromatic rings. The van der Waals surface area contributed by atoms with E-state index >= 15 is 0 Å². The van der Waals surface area contributed by atoms with Crippen LogP contribution in [0.2, 0.25) is 0 Å². The Morgan fingerprint density at radius 2 is 1.59 bits per heavy atom. The monoisotopic (exact) mass is 635 g/mol. The molecule has 0 saturated carbocycles. The Balaban J connectivity index is 0.929. The van der Waals surface area contributed by atoms with Crippen LogP contribution >= 0.6 is 0 Å². The molecule has 13 heteroatoms. The summed E-state index contributed by atoms with van der Waals surface area (Å²) in [5, 5.41) is 0. The Labute approximate surface area is 263 Å². The van der Waals surface area contributed by atoms with Gasteiger partial charge in [-0.15, -0.1) is 0 Å². The first-order valence-corrected chi connectivity index (χ1v) is 14.7. The molecule has 2 aliphatic rings. The van der Waals surface area contributed by atoms with Crippen LogP contribution in [-0.4, -0.2) is 72.2 Å². The highest BCUT2D eigenvalue weighted by molar-refractivity contribution is 5.81. The Morgan fingerprint density at radius 3 is 2.28 bits per heavy atom. The zero-order valence-electron chi connectivity index (χ0n) is 25.1. The first-order valence-electron chi connectivity index (χ1n) is 14.7. The number of hydrogen-bond donors (Lipinski definition) is 0.